The van der Waals surface area contributed by atoms with Crippen molar-refractivity contribution in [3.63, 3.8) is 0 Å². The molecular formula is C25H23F3. The van der Waals surface area contributed by atoms with E-state index in [0.29, 0.717) is 17.9 Å². The summed E-state index contributed by atoms with van der Waals surface area (Å²) in [6.07, 6.45) is 4.44. The molecule has 0 heterocycles. The van der Waals surface area contributed by atoms with Crippen molar-refractivity contribution in [3.05, 3.63) is 94.3 Å². The molecule has 4 rings (SSSR count). The van der Waals surface area contributed by atoms with Gasteiger partial charge in [0, 0.05) is 11.1 Å². The van der Waals surface area contributed by atoms with Crippen molar-refractivity contribution in [2.24, 2.45) is 0 Å². The van der Waals surface area contributed by atoms with Gasteiger partial charge in [-0.25, -0.2) is 13.2 Å². The van der Waals surface area contributed by atoms with E-state index in [2.05, 4.69) is 31.2 Å². The maximum atomic E-state index is 15.1. The summed E-state index contributed by atoms with van der Waals surface area (Å²) in [5, 5.41) is 0. The highest BCUT2D eigenvalue weighted by Crippen LogP contribution is 2.37. The van der Waals surface area contributed by atoms with E-state index in [-0.39, 0.29) is 11.1 Å². The fourth-order valence-electron chi connectivity index (χ4n) is 4.26. The first kappa shape index (κ1) is 18.8. The number of hydrogen-bond acceptors (Lipinski definition) is 0. The molecule has 1 aliphatic carbocycles. The Labute approximate surface area is 164 Å². The molecule has 144 valence electrons. The maximum absolute atomic E-state index is 15.1. The van der Waals surface area contributed by atoms with E-state index in [9.17, 15) is 8.78 Å². The van der Waals surface area contributed by atoms with Crippen LogP contribution in [0.25, 0.3) is 11.1 Å². The predicted molar refractivity (Wildman–Crippen MR) is 107 cm³/mol. The smallest absolute Gasteiger partial charge is 0.166 e. The Morgan fingerprint density at radius 2 is 1.61 bits per heavy atom. The van der Waals surface area contributed by atoms with Crippen molar-refractivity contribution in [2.75, 3.05) is 0 Å². The molecule has 28 heavy (non-hydrogen) atoms. The van der Waals surface area contributed by atoms with Gasteiger partial charge in [0.05, 0.1) is 0 Å². The third-order valence-electron chi connectivity index (χ3n) is 5.78. The third-order valence-corrected chi connectivity index (χ3v) is 5.78. The van der Waals surface area contributed by atoms with Crippen LogP contribution in [0.3, 0.4) is 0 Å². The van der Waals surface area contributed by atoms with Crippen LogP contribution in [-0.2, 0) is 19.3 Å². The molecule has 0 fully saturated rings. The topological polar surface area (TPSA) is 0 Å². The Morgan fingerprint density at radius 1 is 0.857 bits per heavy atom. The summed E-state index contributed by atoms with van der Waals surface area (Å²) >= 11 is 0. The van der Waals surface area contributed by atoms with E-state index in [0.717, 1.165) is 37.3 Å². The number of halogens is 3. The maximum Gasteiger partial charge on any atom is 0.166 e. The quantitative estimate of drug-likeness (QED) is 0.457. The first-order valence-corrected chi connectivity index (χ1v) is 9.92. The van der Waals surface area contributed by atoms with E-state index in [1.165, 1.54) is 23.3 Å². The molecule has 0 N–H and O–H groups in total. The molecular weight excluding hydrogens is 357 g/mol. The summed E-state index contributed by atoms with van der Waals surface area (Å²) in [7, 11) is 0. The Morgan fingerprint density at radius 3 is 2.36 bits per heavy atom. The standard InChI is InChI=1S/C25H23F3/c1-2-4-16-7-9-17(10-8-16)18-11-13-20-19(15-18)12-14-22(24(20)27)21-5-3-6-23(26)25(21)28/h3,5-10,12,14,18H,2,4,11,13,15H2,1H3. The van der Waals surface area contributed by atoms with Gasteiger partial charge in [0.1, 0.15) is 5.82 Å². The van der Waals surface area contributed by atoms with Gasteiger partial charge in [-0.2, -0.15) is 0 Å². The molecule has 0 amide bonds. The lowest BCUT2D eigenvalue weighted by Crippen LogP contribution is -2.15. The van der Waals surface area contributed by atoms with Crippen molar-refractivity contribution in [1.29, 1.82) is 0 Å². The van der Waals surface area contributed by atoms with Gasteiger partial charge >= 0.3 is 0 Å². The molecule has 1 atom stereocenters. The first-order chi connectivity index (χ1) is 13.6. The Bertz CT molecular complexity index is 989. The highest BCUT2D eigenvalue weighted by molar-refractivity contribution is 5.67. The number of hydrogen-bond donors (Lipinski definition) is 0. The average molecular weight is 380 g/mol. The van der Waals surface area contributed by atoms with Crippen LogP contribution in [0.15, 0.2) is 54.6 Å². The van der Waals surface area contributed by atoms with E-state index in [4.69, 9.17) is 0 Å². The summed E-state index contributed by atoms with van der Waals surface area (Å²) in [6.45, 7) is 2.17. The highest BCUT2D eigenvalue weighted by Gasteiger charge is 2.25. The molecule has 1 unspecified atom stereocenters. The molecule has 0 saturated heterocycles. The minimum atomic E-state index is -0.998. The van der Waals surface area contributed by atoms with Crippen molar-refractivity contribution in [3.8, 4) is 11.1 Å². The van der Waals surface area contributed by atoms with Crippen molar-refractivity contribution in [2.45, 2.75) is 44.9 Å². The van der Waals surface area contributed by atoms with Crippen LogP contribution in [0.4, 0.5) is 13.2 Å². The Balaban J connectivity index is 1.62. The van der Waals surface area contributed by atoms with Gasteiger partial charge in [0.25, 0.3) is 0 Å². The van der Waals surface area contributed by atoms with E-state index in [1.54, 1.807) is 6.07 Å². The van der Waals surface area contributed by atoms with Gasteiger partial charge in [0.15, 0.2) is 11.6 Å². The Kier molecular flexibility index (Phi) is 5.25. The lowest BCUT2D eigenvalue weighted by molar-refractivity contribution is 0.509. The van der Waals surface area contributed by atoms with Gasteiger partial charge in [-0.15, -0.1) is 0 Å². The minimum Gasteiger partial charge on any atom is -0.206 e. The monoisotopic (exact) mass is 380 g/mol. The molecule has 3 aromatic carbocycles. The van der Waals surface area contributed by atoms with Crippen molar-refractivity contribution in [1.82, 2.24) is 0 Å². The number of aryl methyl sites for hydroxylation is 1. The molecule has 3 aromatic rings. The van der Waals surface area contributed by atoms with Crippen LogP contribution in [0.1, 0.15) is 47.9 Å². The molecule has 0 aromatic heterocycles. The molecule has 0 aliphatic heterocycles. The van der Waals surface area contributed by atoms with Crippen LogP contribution in [0.2, 0.25) is 0 Å². The van der Waals surface area contributed by atoms with Gasteiger partial charge in [-0.05, 0) is 59.9 Å². The lowest BCUT2D eigenvalue weighted by Gasteiger charge is -2.26. The molecule has 0 spiro atoms. The fraction of sp³-hybridized carbons (Fsp3) is 0.280. The normalized spacial score (nSPS) is 16.1. The van der Waals surface area contributed by atoms with Gasteiger partial charge in [-0.1, -0.05) is 61.9 Å². The second-order valence-electron chi connectivity index (χ2n) is 7.60. The molecule has 0 bridgehead atoms. The van der Waals surface area contributed by atoms with E-state index < -0.39 is 17.5 Å². The molecule has 0 saturated carbocycles. The van der Waals surface area contributed by atoms with E-state index in [1.807, 2.05) is 6.07 Å². The minimum absolute atomic E-state index is 0.0195. The predicted octanol–water partition coefficient (Wildman–Crippen LogP) is 7.00. The third kappa shape index (κ3) is 3.46. The average Bonchev–Trinajstić information content (AvgIpc) is 2.71. The summed E-state index contributed by atoms with van der Waals surface area (Å²) < 4.78 is 42.8. The second-order valence-corrected chi connectivity index (χ2v) is 7.60. The molecule has 3 heteroatoms. The first-order valence-electron chi connectivity index (χ1n) is 9.92. The largest absolute Gasteiger partial charge is 0.206 e. The second kappa shape index (κ2) is 7.83. The van der Waals surface area contributed by atoms with Gasteiger partial charge in [0.2, 0.25) is 0 Å². The van der Waals surface area contributed by atoms with Gasteiger partial charge < -0.3 is 0 Å². The number of fused-ring (bicyclic) bond motifs is 1. The van der Waals surface area contributed by atoms with Crippen LogP contribution >= 0.6 is 0 Å². The zero-order valence-corrected chi connectivity index (χ0v) is 15.9. The Hall–Kier alpha value is -2.55. The zero-order chi connectivity index (χ0) is 19.7. The number of rotatable bonds is 4. The number of benzene rings is 3. The van der Waals surface area contributed by atoms with Crippen molar-refractivity contribution < 1.29 is 13.2 Å². The van der Waals surface area contributed by atoms with Crippen molar-refractivity contribution >= 4 is 0 Å². The summed E-state index contributed by atoms with van der Waals surface area (Å²) in [6, 6.07) is 16.1. The van der Waals surface area contributed by atoms with Crippen LogP contribution in [0, 0.1) is 17.5 Å². The van der Waals surface area contributed by atoms with Crippen LogP contribution in [0.5, 0.6) is 0 Å². The van der Waals surface area contributed by atoms with E-state index >= 15 is 4.39 Å². The zero-order valence-electron chi connectivity index (χ0n) is 15.9. The summed E-state index contributed by atoms with van der Waals surface area (Å²) in [4.78, 5) is 0. The summed E-state index contributed by atoms with van der Waals surface area (Å²) in [5.41, 5.74) is 4.35. The van der Waals surface area contributed by atoms with Crippen LogP contribution < -0.4 is 0 Å². The molecule has 0 radical (unpaired) electrons. The SMILES string of the molecule is CCCc1ccc(C2CCc3c(ccc(-c4cccc(F)c4F)c3F)C2)cc1. The molecule has 0 nitrogen and oxygen atoms in total. The lowest BCUT2D eigenvalue weighted by atomic mass is 9.79. The van der Waals surface area contributed by atoms with Gasteiger partial charge in [-0.3, -0.25) is 0 Å². The highest BCUT2D eigenvalue weighted by atomic mass is 19.2. The molecule has 1 aliphatic rings. The fourth-order valence-corrected chi connectivity index (χ4v) is 4.26. The van der Waals surface area contributed by atoms with Crippen LogP contribution in [-0.4, -0.2) is 0 Å². The summed E-state index contributed by atoms with van der Waals surface area (Å²) in [5.74, 6) is -2.01.